The Kier molecular flexibility index (Phi) is 13.5. The van der Waals surface area contributed by atoms with Gasteiger partial charge in [0, 0.05) is 37.7 Å². The zero-order valence-electron chi connectivity index (χ0n) is 37.5. The molecule has 9 rings (SSSR count). The van der Waals surface area contributed by atoms with Crippen molar-refractivity contribution in [2.24, 2.45) is 5.92 Å². The number of rotatable bonds is 9. The van der Waals surface area contributed by atoms with Crippen LogP contribution in [0.5, 0.6) is 0 Å². The van der Waals surface area contributed by atoms with E-state index in [1.165, 1.54) is 54.2 Å². The molecule has 0 fully saturated rings. The van der Waals surface area contributed by atoms with Gasteiger partial charge in [0.05, 0.1) is 24.9 Å². The number of aromatic nitrogens is 5. The van der Waals surface area contributed by atoms with E-state index in [9.17, 15) is 0 Å². The number of nitrogens with zero attached hydrogens (tertiary/aromatic N) is 5. The summed E-state index contributed by atoms with van der Waals surface area (Å²) in [5, 5.41) is 3.87. The van der Waals surface area contributed by atoms with Crippen LogP contribution in [0.3, 0.4) is 0 Å². The second kappa shape index (κ2) is 18.7. The Bertz CT molecular complexity index is 2950. The Morgan fingerprint density at radius 1 is 0.742 bits per heavy atom. The van der Waals surface area contributed by atoms with E-state index in [0.29, 0.717) is 17.8 Å². The molecule has 0 aliphatic heterocycles. The molecule has 0 saturated heterocycles. The predicted octanol–water partition coefficient (Wildman–Crippen LogP) is 14.2. The van der Waals surface area contributed by atoms with Crippen LogP contribution in [0.15, 0.2) is 122 Å². The molecule has 8 heteroatoms. The smallest absolute Gasteiger partial charge is 0.113 e. The molecule has 317 valence electrons. The first kappa shape index (κ1) is 44.9. The average Bonchev–Trinajstić information content (AvgIpc) is 3.81. The van der Waals surface area contributed by atoms with Gasteiger partial charge in [0.1, 0.15) is 4.83 Å². The summed E-state index contributed by atoms with van der Waals surface area (Å²) in [5.41, 5.74) is 14.0. The molecule has 0 bridgehead atoms. The molecule has 0 spiro atoms. The number of para-hydroxylation sites is 2. The van der Waals surface area contributed by atoms with Crippen LogP contribution < -0.4 is 5.19 Å². The minimum absolute atomic E-state index is 0. The van der Waals surface area contributed by atoms with E-state index in [0.717, 1.165) is 50.6 Å². The summed E-state index contributed by atoms with van der Waals surface area (Å²) < 4.78 is 3.58. The Morgan fingerprint density at radius 3 is 2.11 bits per heavy atom. The summed E-state index contributed by atoms with van der Waals surface area (Å²) >= 11 is 1.74. The molecular weight excluding hydrogens is 971 g/mol. The summed E-state index contributed by atoms with van der Waals surface area (Å²) in [4.78, 5) is 19.9. The molecule has 4 aromatic carbocycles. The van der Waals surface area contributed by atoms with Crippen LogP contribution in [0, 0.1) is 25.0 Å². The Morgan fingerprint density at radius 2 is 1.45 bits per heavy atom. The largest absolute Gasteiger partial charge is 0.333 e. The van der Waals surface area contributed by atoms with Gasteiger partial charge in [0.15, 0.2) is 0 Å². The van der Waals surface area contributed by atoms with Crippen molar-refractivity contribution < 1.29 is 20.1 Å². The van der Waals surface area contributed by atoms with Gasteiger partial charge in [-0.3, -0.25) is 9.97 Å². The second-order valence-corrected chi connectivity index (χ2v) is 24.2. The molecule has 62 heavy (non-hydrogen) atoms. The molecule has 0 N–H and O–H groups in total. The van der Waals surface area contributed by atoms with E-state index in [1.807, 2.05) is 12.1 Å². The number of thiophene rings is 1. The van der Waals surface area contributed by atoms with Crippen molar-refractivity contribution in [1.82, 2.24) is 24.5 Å². The third-order valence-electron chi connectivity index (χ3n) is 11.3. The summed E-state index contributed by atoms with van der Waals surface area (Å²) in [6.07, 6.45) is 6.70. The Balaban J connectivity index is 0.000000233. The van der Waals surface area contributed by atoms with Crippen LogP contribution in [0.25, 0.3) is 70.8 Å². The van der Waals surface area contributed by atoms with Gasteiger partial charge in [0.2, 0.25) is 0 Å². The molecular formula is C54H55IrN5SSi-2. The van der Waals surface area contributed by atoms with Crippen LogP contribution in [0.1, 0.15) is 75.8 Å². The van der Waals surface area contributed by atoms with Crippen molar-refractivity contribution in [2.45, 2.75) is 86.4 Å². The van der Waals surface area contributed by atoms with Gasteiger partial charge < -0.3 is 9.55 Å². The summed E-state index contributed by atoms with van der Waals surface area (Å²) in [6.45, 7) is 22.9. The number of pyridine rings is 3. The van der Waals surface area contributed by atoms with E-state index in [-0.39, 0.29) is 20.1 Å². The van der Waals surface area contributed by atoms with Crippen LogP contribution in [-0.2, 0) is 26.5 Å². The zero-order valence-corrected chi connectivity index (χ0v) is 41.7. The Hall–Kier alpha value is -5.11. The molecule has 0 saturated carbocycles. The maximum atomic E-state index is 5.30. The molecule has 5 heterocycles. The van der Waals surface area contributed by atoms with E-state index < -0.39 is 8.07 Å². The van der Waals surface area contributed by atoms with Crippen molar-refractivity contribution in [2.75, 3.05) is 0 Å². The number of benzene rings is 4. The molecule has 0 unspecified atom stereocenters. The maximum absolute atomic E-state index is 5.30. The van der Waals surface area contributed by atoms with Gasteiger partial charge in [-0.15, -0.1) is 24.3 Å². The third-order valence-corrected chi connectivity index (χ3v) is 14.5. The predicted molar refractivity (Wildman–Crippen MR) is 262 cm³/mol. The van der Waals surface area contributed by atoms with Crippen molar-refractivity contribution in [3.8, 4) is 39.5 Å². The zero-order chi connectivity index (χ0) is 43.0. The first-order valence-electron chi connectivity index (χ1n) is 21.5. The third kappa shape index (κ3) is 9.16. The van der Waals surface area contributed by atoms with Crippen molar-refractivity contribution in [3.63, 3.8) is 0 Å². The monoisotopic (exact) mass is 1030 g/mol. The van der Waals surface area contributed by atoms with Gasteiger partial charge in [-0.2, -0.15) is 23.0 Å². The fraction of sp³-hybridized carbons (Fsp3) is 0.259. The van der Waals surface area contributed by atoms with E-state index >= 15 is 0 Å². The molecule has 0 amide bonds. The van der Waals surface area contributed by atoms with Gasteiger partial charge in [0.25, 0.3) is 0 Å². The van der Waals surface area contributed by atoms with E-state index in [2.05, 4.69) is 192 Å². The number of hydrogen-bond acceptors (Lipinski definition) is 5. The molecule has 0 atom stereocenters. The van der Waals surface area contributed by atoms with E-state index in [1.54, 1.807) is 23.7 Å². The molecule has 5 nitrogen and oxygen atoms in total. The first-order valence-corrected chi connectivity index (χ1v) is 25.8. The molecule has 0 aliphatic rings. The average molecular weight is 1030 g/mol. The number of imidazole rings is 1. The number of fused-ring (bicyclic) bond motifs is 4. The van der Waals surface area contributed by atoms with Crippen molar-refractivity contribution >= 4 is 55.9 Å². The minimum Gasteiger partial charge on any atom is -0.333 e. The first-order chi connectivity index (χ1) is 29.3. The van der Waals surface area contributed by atoms with Crippen LogP contribution >= 0.6 is 11.3 Å². The minimum atomic E-state index is -1.35. The van der Waals surface area contributed by atoms with Gasteiger partial charge >= 0.3 is 0 Å². The van der Waals surface area contributed by atoms with Crippen LogP contribution in [0.4, 0.5) is 0 Å². The number of hydrogen-bond donors (Lipinski definition) is 0. The van der Waals surface area contributed by atoms with E-state index in [4.69, 9.17) is 9.97 Å². The fourth-order valence-electron chi connectivity index (χ4n) is 8.32. The van der Waals surface area contributed by atoms with Crippen LogP contribution in [0.2, 0.25) is 19.6 Å². The summed E-state index contributed by atoms with van der Waals surface area (Å²) in [5.74, 6) is 2.21. The topological polar surface area (TPSA) is 56.5 Å². The summed E-state index contributed by atoms with van der Waals surface area (Å²) in [6, 6.07) is 43.5. The van der Waals surface area contributed by atoms with Crippen molar-refractivity contribution in [1.29, 1.82) is 0 Å². The SMILES string of the molecule is CC(C)Cc1cc(-c2[c-]cncc2)ncc1[Si](C)(C)C.Cc1ccc2c(n1)sc1c(-c3nc4ccccc4n3-c3c(C(C)C)cc(-c4ccccc4)cc3C(C)C)[c-]ccc12.[Ir]. The van der Waals surface area contributed by atoms with Crippen molar-refractivity contribution in [3.05, 3.63) is 156 Å². The number of aryl methyl sites for hydroxylation is 1. The maximum Gasteiger partial charge on any atom is 0.113 e. The van der Waals surface area contributed by atoms with Gasteiger partial charge in [-0.25, -0.2) is 4.98 Å². The molecule has 9 aromatic rings. The Labute approximate surface area is 386 Å². The molecule has 5 aromatic heterocycles. The molecule has 0 aliphatic carbocycles. The van der Waals surface area contributed by atoms with Gasteiger partial charge in [-0.05, 0) is 117 Å². The second-order valence-electron chi connectivity index (χ2n) is 18.2. The standard InChI is InChI=1S/C37H32N3S.C17H23N2Si.Ir/c1-22(2)30-20-26(25-12-7-6-8-13-25)21-31(23(3)4)34(30)40-33-17-10-9-16-32(33)39-36(40)29-15-11-14-27-28-19-18-24(5)38-37(28)41-35(27)29;1-13(2)10-15-11-16(14-6-8-18-9-7-14)19-12-17(15)20(3,4)5;/h6-14,16-23H,1-5H3;6,8-9,11-13H,10H2,1-5H3;/q2*-1;. The normalized spacial score (nSPS) is 11.8. The summed E-state index contributed by atoms with van der Waals surface area (Å²) in [7, 11) is -1.35. The fourth-order valence-corrected chi connectivity index (χ4v) is 11.1. The van der Waals surface area contributed by atoms with Crippen LogP contribution in [-0.4, -0.2) is 32.6 Å². The quantitative estimate of drug-likeness (QED) is 0.107. The molecule has 1 radical (unpaired) electrons. The van der Waals surface area contributed by atoms with Gasteiger partial charge in [-0.1, -0.05) is 132 Å².